The molecule has 26 heavy (non-hydrogen) atoms. The Bertz CT molecular complexity index is 673. The van der Waals surface area contributed by atoms with Crippen LogP contribution in [-0.4, -0.2) is 36.1 Å². The van der Waals surface area contributed by atoms with Gasteiger partial charge in [-0.15, -0.1) is 6.58 Å². The van der Waals surface area contributed by atoms with Crippen molar-refractivity contribution < 1.29 is 19.3 Å². The minimum Gasteiger partial charge on any atom is -0.384 e. The molecule has 3 atom stereocenters. The summed E-state index contributed by atoms with van der Waals surface area (Å²) in [5, 5.41) is 10.9. The number of hydrogen-bond acceptors (Lipinski definition) is 4. The van der Waals surface area contributed by atoms with Gasteiger partial charge in [0.2, 0.25) is 0 Å². The lowest BCUT2D eigenvalue weighted by Crippen LogP contribution is -2.46. The molecular weight excluding hydrogens is 328 g/mol. The topological polar surface area (TPSA) is 47.9 Å². The van der Waals surface area contributed by atoms with Crippen molar-refractivity contribution in [2.24, 2.45) is 0 Å². The summed E-state index contributed by atoms with van der Waals surface area (Å²) in [6, 6.07) is 19.9. The van der Waals surface area contributed by atoms with Crippen LogP contribution in [0.25, 0.3) is 0 Å². The summed E-state index contributed by atoms with van der Waals surface area (Å²) < 4.78 is 17.7. The third kappa shape index (κ3) is 4.80. The van der Waals surface area contributed by atoms with E-state index < -0.39 is 11.7 Å². The summed E-state index contributed by atoms with van der Waals surface area (Å²) in [4.78, 5) is 0. The first kappa shape index (κ1) is 18.8. The van der Waals surface area contributed by atoms with E-state index in [0.29, 0.717) is 26.2 Å². The van der Waals surface area contributed by atoms with Crippen LogP contribution in [0, 0.1) is 0 Å². The van der Waals surface area contributed by atoms with Crippen molar-refractivity contribution in [1.82, 2.24) is 0 Å². The molecule has 4 nitrogen and oxygen atoms in total. The molecule has 1 fully saturated rings. The first-order chi connectivity index (χ1) is 12.7. The molecule has 0 bridgehead atoms. The zero-order valence-electron chi connectivity index (χ0n) is 14.9. The minimum absolute atomic E-state index is 0.220. The van der Waals surface area contributed by atoms with Crippen molar-refractivity contribution in [2.75, 3.05) is 13.2 Å². The van der Waals surface area contributed by atoms with E-state index in [9.17, 15) is 5.11 Å². The van der Waals surface area contributed by atoms with Crippen LogP contribution in [0.5, 0.6) is 0 Å². The normalized spacial score (nSPS) is 25.3. The second kappa shape index (κ2) is 9.10. The SMILES string of the molecule is C=CC[C@@]1(O)CO[C@H](COCc2ccccc2)[C@H]1OCc1ccccc1. The molecule has 1 N–H and O–H groups in total. The molecule has 138 valence electrons. The Labute approximate surface area is 155 Å². The van der Waals surface area contributed by atoms with Crippen LogP contribution in [0.15, 0.2) is 73.3 Å². The average Bonchev–Trinajstić information content (AvgIpc) is 2.98. The molecule has 0 radical (unpaired) electrons. The van der Waals surface area contributed by atoms with Crippen molar-refractivity contribution in [1.29, 1.82) is 0 Å². The van der Waals surface area contributed by atoms with E-state index in [4.69, 9.17) is 14.2 Å². The smallest absolute Gasteiger partial charge is 0.120 e. The Morgan fingerprint density at radius 1 is 1.04 bits per heavy atom. The molecule has 4 heteroatoms. The molecule has 1 aliphatic rings. The molecule has 2 aromatic rings. The van der Waals surface area contributed by atoms with Crippen LogP contribution in [-0.2, 0) is 27.4 Å². The Kier molecular flexibility index (Phi) is 6.58. The van der Waals surface area contributed by atoms with Crippen molar-refractivity contribution in [3.63, 3.8) is 0 Å². The zero-order valence-corrected chi connectivity index (χ0v) is 14.9. The zero-order chi connectivity index (χ0) is 18.2. The minimum atomic E-state index is -1.07. The highest BCUT2D eigenvalue weighted by Crippen LogP contribution is 2.32. The number of aliphatic hydroxyl groups is 1. The van der Waals surface area contributed by atoms with Gasteiger partial charge in [0.1, 0.15) is 17.8 Å². The summed E-state index contributed by atoms with van der Waals surface area (Å²) in [6.45, 7) is 5.26. The van der Waals surface area contributed by atoms with Crippen LogP contribution in [0.3, 0.4) is 0 Å². The van der Waals surface area contributed by atoms with Gasteiger partial charge in [0.05, 0.1) is 26.4 Å². The maximum absolute atomic E-state index is 10.9. The lowest BCUT2D eigenvalue weighted by Gasteiger charge is -2.29. The number of benzene rings is 2. The molecule has 0 saturated carbocycles. The summed E-state index contributed by atoms with van der Waals surface area (Å²) >= 11 is 0. The molecule has 0 amide bonds. The van der Waals surface area contributed by atoms with Gasteiger partial charge in [-0.25, -0.2) is 0 Å². The molecule has 0 aliphatic carbocycles. The Morgan fingerprint density at radius 2 is 1.65 bits per heavy atom. The van der Waals surface area contributed by atoms with E-state index >= 15 is 0 Å². The van der Waals surface area contributed by atoms with Crippen LogP contribution in [0.2, 0.25) is 0 Å². The predicted octanol–water partition coefficient (Wildman–Crippen LogP) is 3.49. The molecular formula is C22H26O4. The predicted molar refractivity (Wildman–Crippen MR) is 101 cm³/mol. The molecule has 1 saturated heterocycles. The molecule has 1 heterocycles. The quantitative estimate of drug-likeness (QED) is 0.700. The Balaban J connectivity index is 1.60. The van der Waals surface area contributed by atoms with E-state index in [0.717, 1.165) is 11.1 Å². The number of ether oxygens (including phenoxy) is 3. The first-order valence-electron chi connectivity index (χ1n) is 8.93. The molecule has 3 rings (SSSR count). The summed E-state index contributed by atoms with van der Waals surface area (Å²) in [6.07, 6.45) is 1.35. The highest BCUT2D eigenvalue weighted by atomic mass is 16.6. The lowest BCUT2D eigenvalue weighted by molar-refractivity contribution is -0.106. The van der Waals surface area contributed by atoms with E-state index in [-0.39, 0.29) is 12.7 Å². The molecule has 0 aromatic heterocycles. The maximum atomic E-state index is 10.9. The standard InChI is InChI=1S/C22H26O4/c1-2-13-22(23)17-26-20(16-24-14-18-9-5-3-6-10-18)21(22)25-15-19-11-7-4-8-12-19/h2-12,20-21,23H,1,13-17H2/t20-,21-,22-/m1/s1. The second-order valence-electron chi connectivity index (χ2n) is 6.66. The van der Waals surface area contributed by atoms with Gasteiger partial charge in [0.15, 0.2) is 0 Å². The highest BCUT2D eigenvalue weighted by molar-refractivity contribution is 5.14. The fourth-order valence-corrected chi connectivity index (χ4v) is 3.22. The molecule has 0 spiro atoms. The summed E-state index contributed by atoms with van der Waals surface area (Å²) in [5.74, 6) is 0. The summed E-state index contributed by atoms with van der Waals surface area (Å²) in [5.41, 5.74) is 1.09. The number of rotatable bonds is 9. The summed E-state index contributed by atoms with van der Waals surface area (Å²) in [7, 11) is 0. The van der Waals surface area contributed by atoms with Crippen LogP contribution in [0.1, 0.15) is 17.5 Å². The van der Waals surface area contributed by atoms with Crippen molar-refractivity contribution >= 4 is 0 Å². The fourth-order valence-electron chi connectivity index (χ4n) is 3.22. The van der Waals surface area contributed by atoms with Gasteiger partial charge in [0.25, 0.3) is 0 Å². The monoisotopic (exact) mass is 354 g/mol. The van der Waals surface area contributed by atoms with Crippen molar-refractivity contribution in [3.8, 4) is 0 Å². The van der Waals surface area contributed by atoms with Crippen LogP contribution < -0.4 is 0 Å². The Morgan fingerprint density at radius 3 is 2.27 bits per heavy atom. The van der Waals surface area contributed by atoms with E-state index in [2.05, 4.69) is 6.58 Å². The first-order valence-corrected chi connectivity index (χ1v) is 8.93. The molecule has 2 aromatic carbocycles. The fraction of sp³-hybridized carbons (Fsp3) is 0.364. The highest BCUT2D eigenvalue weighted by Gasteiger charge is 2.48. The second-order valence-corrected chi connectivity index (χ2v) is 6.66. The van der Waals surface area contributed by atoms with Gasteiger partial charge in [-0.05, 0) is 17.5 Å². The van der Waals surface area contributed by atoms with Gasteiger partial charge < -0.3 is 19.3 Å². The molecule has 1 aliphatic heterocycles. The van der Waals surface area contributed by atoms with Crippen molar-refractivity contribution in [2.45, 2.75) is 37.4 Å². The van der Waals surface area contributed by atoms with E-state index in [1.54, 1.807) is 6.08 Å². The van der Waals surface area contributed by atoms with Gasteiger partial charge in [0, 0.05) is 0 Å². The number of hydrogen-bond donors (Lipinski definition) is 1. The van der Waals surface area contributed by atoms with E-state index in [1.165, 1.54) is 0 Å². The lowest BCUT2D eigenvalue weighted by atomic mass is 9.93. The van der Waals surface area contributed by atoms with E-state index in [1.807, 2.05) is 60.7 Å². The third-order valence-electron chi connectivity index (χ3n) is 4.58. The van der Waals surface area contributed by atoms with Gasteiger partial charge in [-0.2, -0.15) is 0 Å². The van der Waals surface area contributed by atoms with Gasteiger partial charge >= 0.3 is 0 Å². The average molecular weight is 354 g/mol. The largest absolute Gasteiger partial charge is 0.384 e. The van der Waals surface area contributed by atoms with Crippen molar-refractivity contribution in [3.05, 3.63) is 84.4 Å². The van der Waals surface area contributed by atoms with Gasteiger partial charge in [-0.3, -0.25) is 0 Å². The maximum Gasteiger partial charge on any atom is 0.120 e. The van der Waals surface area contributed by atoms with Crippen LogP contribution >= 0.6 is 0 Å². The van der Waals surface area contributed by atoms with Gasteiger partial charge in [-0.1, -0.05) is 66.7 Å². The molecule has 0 unspecified atom stereocenters. The van der Waals surface area contributed by atoms with Crippen LogP contribution in [0.4, 0.5) is 0 Å². The Hall–Kier alpha value is -1.98. The third-order valence-corrected chi connectivity index (χ3v) is 4.58.